The van der Waals surface area contributed by atoms with E-state index in [1.807, 2.05) is 12.1 Å². The Morgan fingerprint density at radius 2 is 0.885 bits per heavy atom. The second kappa shape index (κ2) is 12.5. The van der Waals surface area contributed by atoms with Crippen molar-refractivity contribution in [2.24, 2.45) is 0 Å². The lowest BCUT2D eigenvalue weighted by atomic mass is 9.94. The zero-order valence-electron chi connectivity index (χ0n) is 28.4. The zero-order valence-corrected chi connectivity index (χ0v) is 28.4. The summed E-state index contributed by atoms with van der Waals surface area (Å²) in [4.78, 5) is 2.36. The Morgan fingerprint density at radius 1 is 0.288 bits per heavy atom. The molecule has 0 radical (unpaired) electrons. The summed E-state index contributed by atoms with van der Waals surface area (Å²) in [5, 5.41) is 7.34. The highest BCUT2D eigenvalue weighted by Gasteiger charge is 2.16. The number of para-hydroxylation sites is 1. The molecule has 1 aromatic heterocycles. The molecule has 0 saturated heterocycles. The largest absolute Gasteiger partial charge is 0.456 e. The van der Waals surface area contributed by atoms with Crippen LogP contribution in [-0.2, 0) is 0 Å². The van der Waals surface area contributed by atoms with Gasteiger partial charge in [0, 0.05) is 27.8 Å². The molecule has 0 saturated carbocycles. The fourth-order valence-electron chi connectivity index (χ4n) is 7.71. The molecule has 2 heteroatoms. The molecular formula is C50H33NO. The van der Waals surface area contributed by atoms with E-state index in [-0.39, 0.29) is 0 Å². The van der Waals surface area contributed by atoms with Crippen molar-refractivity contribution in [1.82, 2.24) is 0 Å². The molecule has 0 N–H and O–H groups in total. The monoisotopic (exact) mass is 663 g/mol. The molecule has 0 aliphatic heterocycles. The van der Waals surface area contributed by atoms with E-state index in [1.165, 1.54) is 43.8 Å². The van der Waals surface area contributed by atoms with Crippen LogP contribution < -0.4 is 4.90 Å². The molecule has 1 heterocycles. The standard InChI is InChI=1S/C50H33NO/c1-2-11-34(12-3-1)37-14-8-16-41(31-37)51(42-17-9-15-38(32-42)39-26-30-50-48(33-39)47-19-6-7-22-49(47)52-50)40-27-23-36(24-28-40)44-20-10-21-45-43-18-5-4-13-35(43)25-29-46(44)45/h1-33H. The number of hydrogen-bond acceptors (Lipinski definition) is 2. The lowest BCUT2D eigenvalue weighted by Gasteiger charge is -2.27. The summed E-state index contributed by atoms with van der Waals surface area (Å²) in [7, 11) is 0. The molecule has 0 atom stereocenters. The number of anilines is 3. The van der Waals surface area contributed by atoms with Crippen molar-refractivity contribution < 1.29 is 4.42 Å². The molecule has 0 amide bonds. The highest BCUT2D eigenvalue weighted by Crippen LogP contribution is 2.41. The van der Waals surface area contributed by atoms with E-state index in [0.717, 1.165) is 50.1 Å². The summed E-state index contributed by atoms with van der Waals surface area (Å²) >= 11 is 0. The van der Waals surface area contributed by atoms with Gasteiger partial charge in [-0.2, -0.15) is 0 Å². The van der Waals surface area contributed by atoms with Crippen molar-refractivity contribution in [2.75, 3.05) is 4.90 Å². The van der Waals surface area contributed by atoms with E-state index in [2.05, 4.69) is 193 Å². The normalized spacial score (nSPS) is 11.5. The minimum Gasteiger partial charge on any atom is -0.456 e. The van der Waals surface area contributed by atoms with Gasteiger partial charge in [-0.1, -0.05) is 146 Å². The maximum absolute atomic E-state index is 6.14. The van der Waals surface area contributed by atoms with Gasteiger partial charge < -0.3 is 9.32 Å². The average Bonchev–Trinajstić information content (AvgIpc) is 3.60. The molecule has 9 aromatic carbocycles. The van der Waals surface area contributed by atoms with Crippen LogP contribution in [0, 0.1) is 0 Å². The second-order valence-corrected chi connectivity index (χ2v) is 13.3. The van der Waals surface area contributed by atoms with Crippen LogP contribution in [0.1, 0.15) is 0 Å². The third kappa shape index (κ3) is 5.21. The number of nitrogens with zero attached hydrogens (tertiary/aromatic N) is 1. The minimum absolute atomic E-state index is 0.903. The number of furan rings is 1. The average molecular weight is 664 g/mol. The third-order valence-electron chi connectivity index (χ3n) is 10.2. The lowest BCUT2D eigenvalue weighted by molar-refractivity contribution is 0.669. The van der Waals surface area contributed by atoms with Gasteiger partial charge in [-0.3, -0.25) is 0 Å². The van der Waals surface area contributed by atoms with Crippen LogP contribution in [0.25, 0.3) is 76.9 Å². The summed E-state index contributed by atoms with van der Waals surface area (Å²) in [6.07, 6.45) is 0. The van der Waals surface area contributed by atoms with Crippen molar-refractivity contribution in [1.29, 1.82) is 0 Å². The summed E-state index contributed by atoms with van der Waals surface area (Å²) in [6, 6.07) is 71.8. The number of fused-ring (bicyclic) bond motifs is 6. The Hall–Kier alpha value is -6.90. The van der Waals surface area contributed by atoms with Gasteiger partial charge in [-0.05, 0) is 110 Å². The Kier molecular flexibility index (Phi) is 7.18. The molecule has 244 valence electrons. The van der Waals surface area contributed by atoms with Gasteiger partial charge >= 0.3 is 0 Å². The molecule has 0 bridgehead atoms. The smallest absolute Gasteiger partial charge is 0.135 e. The molecule has 0 spiro atoms. The van der Waals surface area contributed by atoms with Crippen LogP contribution in [0.15, 0.2) is 205 Å². The van der Waals surface area contributed by atoms with Crippen molar-refractivity contribution >= 4 is 60.5 Å². The number of rotatable bonds is 6. The van der Waals surface area contributed by atoms with Crippen LogP contribution in [-0.4, -0.2) is 0 Å². The fourth-order valence-corrected chi connectivity index (χ4v) is 7.71. The second-order valence-electron chi connectivity index (χ2n) is 13.3. The van der Waals surface area contributed by atoms with E-state index < -0.39 is 0 Å². The van der Waals surface area contributed by atoms with E-state index >= 15 is 0 Å². The molecular weight excluding hydrogens is 631 g/mol. The van der Waals surface area contributed by atoms with Gasteiger partial charge in [0.1, 0.15) is 11.2 Å². The quantitative estimate of drug-likeness (QED) is 0.165. The van der Waals surface area contributed by atoms with Crippen LogP contribution in [0.5, 0.6) is 0 Å². The topological polar surface area (TPSA) is 16.4 Å². The first-order chi connectivity index (χ1) is 25.8. The molecule has 10 aromatic rings. The van der Waals surface area contributed by atoms with Gasteiger partial charge in [0.05, 0.1) is 0 Å². The predicted octanol–water partition coefficient (Wildman–Crippen LogP) is 14.4. The Morgan fingerprint density at radius 3 is 1.69 bits per heavy atom. The van der Waals surface area contributed by atoms with E-state index in [4.69, 9.17) is 4.42 Å². The highest BCUT2D eigenvalue weighted by atomic mass is 16.3. The van der Waals surface area contributed by atoms with E-state index in [9.17, 15) is 0 Å². The van der Waals surface area contributed by atoms with Crippen molar-refractivity contribution in [3.05, 3.63) is 200 Å². The molecule has 2 nitrogen and oxygen atoms in total. The summed E-state index contributed by atoms with van der Waals surface area (Å²) in [6.45, 7) is 0. The van der Waals surface area contributed by atoms with Gasteiger partial charge in [0.15, 0.2) is 0 Å². The van der Waals surface area contributed by atoms with Gasteiger partial charge in [0.2, 0.25) is 0 Å². The molecule has 0 aliphatic rings. The van der Waals surface area contributed by atoms with Crippen LogP contribution in [0.2, 0.25) is 0 Å². The van der Waals surface area contributed by atoms with Crippen molar-refractivity contribution in [3.63, 3.8) is 0 Å². The van der Waals surface area contributed by atoms with E-state index in [1.54, 1.807) is 0 Å². The fraction of sp³-hybridized carbons (Fsp3) is 0. The minimum atomic E-state index is 0.903. The third-order valence-corrected chi connectivity index (χ3v) is 10.2. The summed E-state index contributed by atoms with van der Waals surface area (Å²) in [5.41, 5.74) is 12.2. The Bertz CT molecular complexity index is 2900. The Balaban J connectivity index is 1.09. The molecule has 0 aliphatic carbocycles. The predicted molar refractivity (Wildman–Crippen MR) is 220 cm³/mol. The maximum Gasteiger partial charge on any atom is 0.135 e. The molecule has 52 heavy (non-hydrogen) atoms. The van der Waals surface area contributed by atoms with E-state index in [0.29, 0.717) is 0 Å². The SMILES string of the molecule is c1ccc(-c2cccc(N(c3ccc(-c4cccc5c4ccc4ccccc45)cc3)c3cccc(-c4ccc5oc6ccccc6c5c4)c3)c2)cc1. The van der Waals surface area contributed by atoms with Gasteiger partial charge in [-0.25, -0.2) is 0 Å². The molecule has 0 fully saturated rings. The lowest BCUT2D eigenvalue weighted by Crippen LogP contribution is -2.10. The summed E-state index contributed by atoms with van der Waals surface area (Å²) < 4.78 is 6.14. The van der Waals surface area contributed by atoms with Gasteiger partial charge in [0.25, 0.3) is 0 Å². The van der Waals surface area contributed by atoms with Crippen molar-refractivity contribution in [2.45, 2.75) is 0 Å². The maximum atomic E-state index is 6.14. The first-order valence-electron chi connectivity index (χ1n) is 17.8. The number of hydrogen-bond donors (Lipinski definition) is 0. The number of benzene rings is 9. The highest BCUT2D eigenvalue weighted by molar-refractivity contribution is 6.12. The van der Waals surface area contributed by atoms with Crippen LogP contribution in [0.3, 0.4) is 0 Å². The van der Waals surface area contributed by atoms with Crippen LogP contribution in [0.4, 0.5) is 17.1 Å². The first-order valence-corrected chi connectivity index (χ1v) is 17.8. The molecule has 0 unspecified atom stereocenters. The zero-order chi connectivity index (χ0) is 34.4. The van der Waals surface area contributed by atoms with Crippen molar-refractivity contribution in [3.8, 4) is 33.4 Å². The first kappa shape index (κ1) is 30.0. The van der Waals surface area contributed by atoms with Gasteiger partial charge in [-0.15, -0.1) is 0 Å². The summed E-state index contributed by atoms with van der Waals surface area (Å²) in [5.74, 6) is 0. The molecule has 10 rings (SSSR count). The Labute approximate surface area is 302 Å². The van der Waals surface area contributed by atoms with Crippen LogP contribution >= 0.6 is 0 Å².